The molecule has 5 rings (SSSR count). The van der Waals surface area contributed by atoms with Gasteiger partial charge in [0.15, 0.2) is 5.65 Å². The summed E-state index contributed by atoms with van der Waals surface area (Å²) < 4.78 is 2.00. The van der Waals surface area contributed by atoms with Crippen LogP contribution < -0.4 is 10.6 Å². The molecule has 2 fully saturated rings. The van der Waals surface area contributed by atoms with Crippen LogP contribution in [0.25, 0.3) is 5.65 Å². The Bertz CT molecular complexity index is 972. The molecule has 1 atom stereocenters. The second-order valence-corrected chi connectivity index (χ2v) is 7.78. The maximum absolute atomic E-state index is 12.6. The molecule has 27 heavy (non-hydrogen) atoms. The van der Waals surface area contributed by atoms with Gasteiger partial charge in [-0.2, -0.15) is 0 Å². The van der Waals surface area contributed by atoms with Crippen molar-refractivity contribution in [1.82, 2.24) is 19.9 Å². The Hall–Kier alpha value is -2.73. The molecule has 6 heteroatoms. The van der Waals surface area contributed by atoms with Crippen LogP contribution in [0.1, 0.15) is 30.7 Å². The topological polar surface area (TPSA) is 71.3 Å². The molecule has 138 valence electrons. The van der Waals surface area contributed by atoms with Gasteiger partial charge in [-0.25, -0.2) is 0 Å². The molecule has 1 amide bonds. The molecule has 3 aromatic rings. The minimum atomic E-state index is 0.174. The lowest BCUT2D eigenvalue weighted by molar-refractivity contribution is -0.118. The van der Waals surface area contributed by atoms with Crippen LogP contribution in [0.15, 0.2) is 48.7 Å². The second-order valence-electron chi connectivity index (χ2n) is 7.78. The number of amides is 1. The molecule has 2 aliphatic rings. The summed E-state index contributed by atoms with van der Waals surface area (Å²) in [5.74, 6) is 1.27. The molecule has 2 aromatic heterocycles. The Morgan fingerprint density at radius 1 is 1.15 bits per heavy atom. The number of aromatic nitrogens is 3. The number of carbonyl (C=O) groups excluding carboxylic acids is 1. The maximum atomic E-state index is 12.6. The molecule has 1 aliphatic carbocycles. The molecule has 6 nitrogen and oxygen atoms in total. The second kappa shape index (κ2) is 6.46. The van der Waals surface area contributed by atoms with E-state index in [0.717, 1.165) is 55.1 Å². The summed E-state index contributed by atoms with van der Waals surface area (Å²) in [6.45, 7) is 2.07. The highest BCUT2D eigenvalue weighted by Crippen LogP contribution is 2.58. The van der Waals surface area contributed by atoms with Crippen molar-refractivity contribution in [2.75, 3.05) is 18.4 Å². The molecule has 0 bridgehead atoms. The number of nitrogens with zero attached hydrogens (tertiary/aromatic N) is 3. The summed E-state index contributed by atoms with van der Waals surface area (Å²) in [7, 11) is 0. The van der Waals surface area contributed by atoms with Crippen molar-refractivity contribution in [3.8, 4) is 0 Å². The minimum Gasteiger partial charge on any atom is -0.326 e. The number of anilines is 1. The van der Waals surface area contributed by atoms with Crippen LogP contribution in [0, 0.1) is 11.3 Å². The Labute approximate surface area is 158 Å². The average Bonchev–Trinajstić information content (AvgIpc) is 3.24. The van der Waals surface area contributed by atoms with Gasteiger partial charge in [0.2, 0.25) is 5.91 Å². The third kappa shape index (κ3) is 3.10. The summed E-state index contributed by atoms with van der Waals surface area (Å²) in [5, 5.41) is 15.0. The fourth-order valence-corrected chi connectivity index (χ4v) is 4.33. The van der Waals surface area contributed by atoms with Crippen molar-refractivity contribution < 1.29 is 4.79 Å². The van der Waals surface area contributed by atoms with Gasteiger partial charge in [0.1, 0.15) is 5.82 Å². The highest BCUT2D eigenvalue weighted by Gasteiger charge is 2.57. The number of rotatable bonds is 4. The Morgan fingerprint density at radius 2 is 1.96 bits per heavy atom. The van der Waals surface area contributed by atoms with E-state index in [0.29, 0.717) is 6.42 Å². The first-order chi connectivity index (χ1) is 13.2. The summed E-state index contributed by atoms with van der Waals surface area (Å²) >= 11 is 0. The van der Waals surface area contributed by atoms with Gasteiger partial charge in [-0.15, -0.1) is 10.2 Å². The number of benzene rings is 1. The molecular formula is C21H23N5O. The fourth-order valence-electron chi connectivity index (χ4n) is 4.33. The van der Waals surface area contributed by atoms with E-state index >= 15 is 0 Å². The standard InChI is InChI=1S/C21H23N5O/c27-20(17-14-21(17)8-10-22-11-9-21)23-16-6-4-15(5-7-16)13-19-25-24-18-3-1-2-12-26(18)19/h1-7,12,17,22H,8-11,13-14H2,(H,23,27). The third-order valence-corrected chi connectivity index (χ3v) is 6.07. The van der Waals surface area contributed by atoms with Crippen LogP contribution in [-0.4, -0.2) is 33.6 Å². The van der Waals surface area contributed by atoms with Crippen molar-refractivity contribution in [3.63, 3.8) is 0 Å². The van der Waals surface area contributed by atoms with Crippen LogP contribution in [0.4, 0.5) is 5.69 Å². The third-order valence-electron chi connectivity index (χ3n) is 6.07. The highest BCUT2D eigenvalue weighted by atomic mass is 16.2. The molecule has 1 unspecified atom stereocenters. The smallest absolute Gasteiger partial charge is 0.228 e. The van der Waals surface area contributed by atoms with E-state index in [1.54, 1.807) is 0 Å². The first-order valence-corrected chi connectivity index (χ1v) is 9.63. The van der Waals surface area contributed by atoms with Gasteiger partial charge in [-0.1, -0.05) is 18.2 Å². The van der Waals surface area contributed by atoms with Crippen molar-refractivity contribution in [2.24, 2.45) is 11.3 Å². The fraction of sp³-hybridized carbons (Fsp3) is 0.381. The number of carbonyl (C=O) groups is 1. The number of pyridine rings is 1. The van der Waals surface area contributed by atoms with Crippen molar-refractivity contribution in [1.29, 1.82) is 0 Å². The monoisotopic (exact) mass is 361 g/mol. The van der Waals surface area contributed by atoms with Crippen molar-refractivity contribution in [3.05, 3.63) is 60.0 Å². The van der Waals surface area contributed by atoms with Gasteiger partial charge in [-0.3, -0.25) is 9.20 Å². The SMILES string of the molecule is O=C(Nc1ccc(Cc2nnc3ccccn23)cc1)C1CC12CCNCC2. The van der Waals surface area contributed by atoms with E-state index in [1.807, 2.05) is 53.1 Å². The predicted molar refractivity (Wildman–Crippen MR) is 104 cm³/mol. The molecule has 1 spiro atoms. The van der Waals surface area contributed by atoms with E-state index in [2.05, 4.69) is 20.8 Å². The van der Waals surface area contributed by atoms with Gasteiger partial charge in [-0.05, 0) is 67.6 Å². The lowest BCUT2D eigenvalue weighted by Gasteiger charge is -2.23. The Kier molecular flexibility index (Phi) is 3.93. The Morgan fingerprint density at radius 3 is 2.78 bits per heavy atom. The van der Waals surface area contributed by atoms with Crippen molar-refractivity contribution >= 4 is 17.2 Å². The number of fused-ring (bicyclic) bond motifs is 1. The van der Waals surface area contributed by atoms with Gasteiger partial charge in [0, 0.05) is 24.2 Å². The molecular weight excluding hydrogens is 338 g/mol. The molecule has 0 radical (unpaired) electrons. The molecule has 3 heterocycles. The molecule has 1 saturated carbocycles. The summed E-state index contributed by atoms with van der Waals surface area (Å²) in [6.07, 6.45) is 5.97. The van der Waals surface area contributed by atoms with Crippen LogP contribution in [0.3, 0.4) is 0 Å². The number of piperidine rings is 1. The van der Waals surface area contributed by atoms with Crippen LogP contribution in [0.5, 0.6) is 0 Å². The van der Waals surface area contributed by atoms with Crippen LogP contribution in [-0.2, 0) is 11.2 Å². The zero-order valence-corrected chi connectivity index (χ0v) is 15.2. The predicted octanol–water partition coefficient (Wildman–Crippen LogP) is 2.65. The highest BCUT2D eigenvalue weighted by molar-refractivity contribution is 5.95. The van der Waals surface area contributed by atoms with Crippen LogP contribution in [0.2, 0.25) is 0 Å². The largest absolute Gasteiger partial charge is 0.326 e. The summed E-state index contributed by atoms with van der Waals surface area (Å²) in [6, 6.07) is 13.9. The van der Waals surface area contributed by atoms with E-state index in [4.69, 9.17) is 0 Å². The van der Waals surface area contributed by atoms with Gasteiger partial charge < -0.3 is 10.6 Å². The first kappa shape index (κ1) is 16.4. The first-order valence-electron chi connectivity index (χ1n) is 9.63. The molecule has 1 aromatic carbocycles. The summed E-state index contributed by atoms with van der Waals surface area (Å²) in [4.78, 5) is 12.6. The zero-order valence-electron chi connectivity index (χ0n) is 15.2. The van der Waals surface area contributed by atoms with Gasteiger partial charge in [0.25, 0.3) is 0 Å². The normalized spacial score (nSPS) is 20.7. The zero-order chi connectivity index (χ0) is 18.3. The van der Waals surface area contributed by atoms with Crippen molar-refractivity contribution in [2.45, 2.75) is 25.7 Å². The number of hydrogen-bond donors (Lipinski definition) is 2. The van der Waals surface area contributed by atoms with E-state index < -0.39 is 0 Å². The Balaban J connectivity index is 1.23. The molecule has 2 N–H and O–H groups in total. The number of nitrogens with one attached hydrogen (secondary N) is 2. The number of hydrogen-bond acceptors (Lipinski definition) is 4. The lowest BCUT2D eigenvalue weighted by Crippen LogP contribution is -2.31. The van der Waals surface area contributed by atoms with Crippen LogP contribution >= 0.6 is 0 Å². The lowest BCUT2D eigenvalue weighted by atomic mass is 9.92. The van der Waals surface area contributed by atoms with E-state index in [1.165, 1.54) is 0 Å². The average molecular weight is 361 g/mol. The van der Waals surface area contributed by atoms with Gasteiger partial charge in [0.05, 0.1) is 0 Å². The van der Waals surface area contributed by atoms with Gasteiger partial charge >= 0.3 is 0 Å². The molecule has 1 aliphatic heterocycles. The maximum Gasteiger partial charge on any atom is 0.228 e. The minimum absolute atomic E-state index is 0.174. The summed E-state index contributed by atoms with van der Waals surface area (Å²) in [5.41, 5.74) is 3.13. The molecule has 1 saturated heterocycles. The van der Waals surface area contributed by atoms with E-state index in [9.17, 15) is 4.79 Å². The van der Waals surface area contributed by atoms with E-state index in [-0.39, 0.29) is 17.2 Å². The quantitative estimate of drug-likeness (QED) is 0.749.